The summed E-state index contributed by atoms with van der Waals surface area (Å²) < 4.78 is 5.79. The van der Waals surface area contributed by atoms with Crippen molar-refractivity contribution in [2.45, 2.75) is 52.0 Å². The van der Waals surface area contributed by atoms with E-state index in [2.05, 4.69) is 22.2 Å². The van der Waals surface area contributed by atoms with Crippen molar-refractivity contribution < 1.29 is 4.74 Å². The molecular formula is C15H25N3O. The highest BCUT2D eigenvalue weighted by Gasteiger charge is 2.14. The van der Waals surface area contributed by atoms with Crippen LogP contribution < -0.4 is 10.1 Å². The van der Waals surface area contributed by atoms with Gasteiger partial charge in [0.15, 0.2) is 0 Å². The first kappa shape index (κ1) is 14.3. The van der Waals surface area contributed by atoms with Gasteiger partial charge in [-0.15, -0.1) is 0 Å². The number of hydrogen-bond acceptors (Lipinski definition) is 4. The Morgan fingerprint density at radius 1 is 1.26 bits per heavy atom. The molecule has 0 radical (unpaired) electrons. The third-order valence-corrected chi connectivity index (χ3v) is 3.59. The van der Waals surface area contributed by atoms with Gasteiger partial charge in [-0.1, -0.05) is 26.2 Å². The molecule has 0 saturated heterocycles. The third-order valence-electron chi connectivity index (χ3n) is 3.59. The van der Waals surface area contributed by atoms with Gasteiger partial charge in [0.25, 0.3) is 0 Å². The van der Waals surface area contributed by atoms with Gasteiger partial charge in [-0.05, 0) is 31.7 Å². The van der Waals surface area contributed by atoms with Gasteiger partial charge in [-0.25, -0.2) is 4.98 Å². The van der Waals surface area contributed by atoms with Crippen LogP contribution in [0, 0.1) is 5.92 Å². The molecule has 0 aliphatic heterocycles. The SMILES string of the molecule is CCCNCc1cncc(OCC2CCCCC2)n1. The van der Waals surface area contributed by atoms with E-state index < -0.39 is 0 Å². The second kappa shape index (κ2) is 8.10. The minimum absolute atomic E-state index is 0.668. The Kier molecular flexibility index (Phi) is 6.08. The lowest BCUT2D eigenvalue weighted by Crippen LogP contribution is -2.17. The van der Waals surface area contributed by atoms with Crippen LogP contribution in [0.5, 0.6) is 5.88 Å². The van der Waals surface area contributed by atoms with Gasteiger partial charge in [0.1, 0.15) is 0 Å². The Balaban J connectivity index is 1.77. The van der Waals surface area contributed by atoms with Crippen LogP contribution >= 0.6 is 0 Å². The fourth-order valence-electron chi connectivity index (χ4n) is 2.49. The molecule has 19 heavy (non-hydrogen) atoms. The summed E-state index contributed by atoms with van der Waals surface area (Å²) >= 11 is 0. The number of hydrogen-bond donors (Lipinski definition) is 1. The molecule has 4 heteroatoms. The standard InChI is InChI=1S/C15H25N3O/c1-2-8-16-9-14-10-17-11-15(18-14)19-12-13-6-4-3-5-7-13/h10-11,13,16H,2-9,12H2,1H3. The van der Waals surface area contributed by atoms with Gasteiger partial charge < -0.3 is 10.1 Å². The van der Waals surface area contributed by atoms with Gasteiger partial charge >= 0.3 is 0 Å². The fraction of sp³-hybridized carbons (Fsp3) is 0.733. The highest BCUT2D eigenvalue weighted by atomic mass is 16.5. The smallest absolute Gasteiger partial charge is 0.232 e. The van der Waals surface area contributed by atoms with Crippen molar-refractivity contribution in [3.05, 3.63) is 18.1 Å². The molecule has 1 aliphatic carbocycles. The molecule has 1 fully saturated rings. The van der Waals surface area contributed by atoms with Crippen LogP contribution in [-0.4, -0.2) is 23.1 Å². The molecule has 1 heterocycles. The average Bonchev–Trinajstić information content (AvgIpc) is 2.47. The first-order valence-corrected chi connectivity index (χ1v) is 7.53. The van der Waals surface area contributed by atoms with Crippen LogP contribution in [0.4, 0.5) is 0 Å². The molecule has 4 nitrogen and oxygen atoms in total. The predicted molar refractivity (Wildman–Crippen MR) is 76.1 cm³/mol. The largest absolute Gasteiger partial charge is 0.476 e. The zero-order chi connectivity index (χ0) is 13.3. The Morgan fingerprint density at radius 3 is 2.89 bits per heavy atom. The lowest BCUT2D eigenvalue weighted by Gasteiger charge is -2.21. The van der Waals surface area contributed by atoms with Crippen LogP contribution in [0.25, 0.3) is 0 Å². The predicted octanol–water partition coefficient (Wildman–Crippen LogP) is 2.94. The summed E-state index contributed by atoms with van der Waals surface area (Å²) in [4.78, 5) is 8.68. The molecule has 0 amide bonds. The second-order valence-corrected chi connectivity index (χ2v) is 5.34. The van der Waals surface area contributed by atoms with Gasteiger partial charge in [-0.2, -0.15) is 0 Å². The molecule has 0 atom stereocenters. The van der Waals surface area contributed by atoms with Crippen LogP contribution in [-0.2, 0) is 6.54 Å². The van der Waals surface area contributed by atoms with Gasteiger partial charge in [0.05, 0.1) is 18.5 Å². The maximum absolute atomic E-state index is 5.79. The summed E-state index contributed by atoms with van der Waals surface area (Å²) in [6.07, 6.45) is 11.3. The molecule has 0 bridgehead atoms. The summed E-state index contributed by atoms with van der Waals surface area (Å²) in [5.74, 6) is 1.37. The number of rotatable bonds is 7. The lowest BCUT2D eigenvalue weighted by atomic mass is 9.90. The van der Waals surface area contributed by atoms with E-state index in [-0.39, 0.29) is 0 Å². The topological polar surface area (TPSA) is 47.0 Å². The molecule has 106 valence electrons. The molecule has 1 saturated carbocycles. The van der Waals surface area contributed by atoms with Crippen molar-refractivity contribution in [2.75, 3.05) is 13.2 Å². The summed E-state index contributed by atoms with van der Waals surface area (Å²) in [5.41, 5.74) is 0.953. The number of nitrogens with one attached hydrogen (secondary N) is 1. The minimum atomic E-state index is 0.668. The van der Waals surface area contributed by atoms with Crippen molar-refractivity contribution >= 4 is 0 Å². The third kappa shape index (κ3) is 5.15. The first-order valence-electron chi connectivity index (χ1n) is 7.53. The van der Waals surface area contributed by atoms with Crippen LogP contribution in [0.1, 0.15) is 51.1 Å². The Labute approximate surface area is 116 Å². The molecule has 1 aliphatic rings. The minimum Gasteiger partial charge on any atom is -0.476 e. The van der Waals surface area contributed by atoms with Crippen LogP contribution in [0.15, 0.2) is 12.4 Å². The number of ether oxygens (including phenoxy) is 1. The first-order chi connectivity index (χ1) is 9.38. The zero-order valence-corrected chi connectivity index (χ0v) is 11.9. The Morgan fingerprint density at radius 2 is 2.11 bits per heavy atom. The van der Waals surface area contributed by atoms with Crippen molar-refractivity contribution in [3.63, 3.8) is 0 Å². The maximum atomic E-state index is 5.79. The average molecular weight is 263 g/mol. The highest BCUT2D eigenvalue weighted by Crippen LogP contribution is 2.24. The van der Waals surface area contributed by atoms with E-state index in [9.17, 15) is 0 Å². The molecule has 2 rings (SSSR count). The van der Waals surface area contributed by atoms with E-state index in [4.69, 9.17) is 4.74 Å². The highest BCUT2D eigenvalue weighted by molar-refractivity contribution is 5.08. The van der Waals surface area contributed by atoms with Gasteiger partial charge in [0, 0.05) is 12.7 Å². The molecule has 1 aromatic rings. The van der Waals surface area contributed by atoms with E-state index in [0.29, 0.717) is 11.8 Å². The molecule has 0 aromatic carbocycles. The zero-order valence-electron chi connectivity index (χ0n) is 11.9. The Bertz CT molecular complexity index is 364. The normalized spacial score (nSPS) is 16.5. The van der Waals surface area contributed by atoms with Crippen molar-refractivity contribution in [2.24, 2.45) is 5.92 Å². The van der Waals surface area contributed by atoms with Crippen molar-refractivity contribution in [1.29, 1.82) is 0 Å². The van der Waals surface area contributed by atoms with E-state index in [0.717, 1.165) is 31.8 Å². The molecule has 1 N–H and O–H groups in total. The van der Waals surface area contributed by atoms with Gasteiger partial charge in [0.2, 0.25) is 5.88 Å². The van der Waals surface area contributed by atoms with Crippen molar-refractivity contribution in [3.8, 4) is 5.88 Å². The van der Waals surface area contributed by atoms with Gasteiger partial charge in [-0.3, -0.25) is 4.98 Å². The molecule has 1 aromatic heterocycles. The summed E-state index contributed by atoms with van der Waals surface area (Å²) in [5, 5.41) is 3.33. The quantitative estimate of drug-likeness (QED) is 0.768. The second-order valence-electron chi connectivity index (χ2n) is 5.34. The van der Waals surface area contributed by atoms with E-state index >= 15 is 0 Å². The number of nitrogens with zero attached hydrogens (tertiary/aromatic N) is 2. The number of aromatic nitrogens is 2. The molecular weight excluding hydrogens is 238 g/mol. The Hall–Kier alpha value is -1.16. The van der Waals surface area contributed by atoms with Crippen molar-refractivity contribution in [1.82, 2.24) is 15.3 Å². The van der Waals surface area contributed by atoms with E-state index in [1.807, 2.05) is 0 Å². The van der Waals surface area contributed by atoms with Crippen LogP contribution in [0.3, 0.4) is 0 Å². The summed E-state index contributed by atoms with van der Waals surface area (Å²) in [7, 11) is 0. The monoisotopic (exact) mass is 263 g/mol. The van der Waals surface area contributed by atoms with E-state index in [1.165, 1.54) is 32.1 Å². The lowest BCUT2D eigenvalue weighted by molar-refractivity contribution is 0.202. The molecule has 0 unspecified atom stereocenters. The van der Waals surface area contributed by atoms with Crippen LogP contribution in [0.2, 0.25) is 0 Å². The fourth-order valence-corrected chi connectivity index (χ4v) is 2.49. The maximum Gasteiger partial charge on any atom is 0.232 e. The summed E-state index contributed by atoms with van der Waals surface area (Å²) in [6.45, 7) is 4.72. The summed E-state index contributed by atoms with van der Waals surface area (Å²) in [6, 6.07) is 0. The van der Waals surface area contributed by atoms with E-state index in [1.54, 1.807) is 12.4 Å². The molecule has 0 spiro atoms.